The van der Waals surface area contributed by atoms with Gasteiger partial charge in [0.05, 0.1) is 12.4 Å². The second kappa shape index (κ2) is 9.51. The molecular formula is C17H29N3O2. The number of guanidine groups is 1. The van der Waals surface area contributed by atoms with Gasteiger partial charge in [-0.1, -0.05) is 13.8 Å². The fourth-order valence-corrected chi connectivity index (χ4v) is 2.39. The van der Waals surface area contributed by atoms with Crippen molar-refractivity contribution in [3.63, 3.8) is 0 Å². The standard InChI is InChI=1S/C17H29N3O2/c1-14(2)12-19-17(18-9-8-15-7-5-11-21-15)20-13-16-6-3-4-10-22-16/h5,7,11,14,16H,3-4,6,8-10,12-13H2,1-2H3,(H2,18,19,20). The third kappa shape index (κ3) is 6.52. The van der Waals surface area contributed by atoms with Crippen LogP contribution in [0.4, 0.5) is 0 Å². The monoisotopic (exact) mass is 307 g/mol. The third-order valence-electron chi connectivity index (χ3n) is 3.63. The summed E-state index contributed by atoms with van der Waals surface area (Å²) in [7, 11) is 0. The number of rotatable bonds is 7. The van der Waals surface area contributed by atoms with Crippen molar-refractivity contribution in [1.82, 2.24) is 10.6 Å². The maximum Gasteiger partial charge on any atom is 0.191 e. The third-order valence-corrected chi connectivity index (χ3v) is 3.63. The van der Waals surface area contributed by atoms with Crippen LogP contribution in [0.5, 0.6) is 0 Å². The van der Waals surface area contributed by atoms with Crippen LogP contribution in [0.25, 0.3) is 0 Å². The van der Waals surface area contributed by atoms with Crippen molar-refractivity contribution in [3.8, 4) is 0 Å². The summed E-state index contributed by atoms with van der Waals surface area (Å²) >= 11 is 0. The minimum atomic E-state index is 0.310. The summed E-state index contributed by atoms with van der Waals surface area (Å²) < 4.78 is 11.1. The second-order valence-electron chi connectivity index (χ2n) is 6.21. The van der Waals surface area contributed by atoms with E-state index in [-0.39, 0.29) is 0 Å². The van der Waals surface area contributed by atoms with Crippen LogP contribution in [-0.2, 0) is 11.2 Å². The molecule has 2 rings (SSSR count). The molecule has 1 aliphatic heterocycles. The van der Waals surface area contributed by atoms with Gasteiger partial charge in [-0.3, -0.25) is 4.99 Å². The summed E-state index contributed by atoms with van der Waals surface area (Å²) in [6.45, 7) is 7.69. The minimum Gasteiger partial charge on any atom is -0.469 e. The Morgan fingerprint density at radius 1 is 1.36 bits per heavy atom. The smallest absolute Gasteiger partial charge is 0.191 e. The molecule has 124 valence electrons. The highest BCUT2D eigenvalue weighted by atomic mass is 16.5. The predicted molar refractivity (Wildman–Crippen MR) is 89.1 cm³/mol. The van der Waals surface area contributed by atoms with E-state index in [2.05, 4.69) is 29.5 Å². The number of nitrogens with one attached hydrogen (secondary N) is 2. The van der Waals surface area contributed by atoms with E-state index >= 15 is 0 Å². The Labute approximate surface area is 133 Å². The van der Waals surface area contributed by atoms with Crippen LogP contribution in [0.1, 0.15) is 38.9 Å². The number of furan rings is 1. The number of hydrogen-bond acceptors (Lipinski definition) is 3. The number of ether oxygens (including phenoxy) is 1. The van der Waals surface area contributed by atoms with Crippen molar-refractivity contribution in [1.29, 1.82) is 0 Å². The van der Waals surface area contributed by atoms with Crippen molar-refractivity contribution >= 4 is 5.96 Å². The van der Waals surface area contributed by atoms with Crippen molar-refractivity contribution in [2.45, 2.75) is 45.6 Å². The van der Waals surface area contributed by atoms with Gasteiger partial charge in [0.15, 0.2) is 5.96 Å². The predicted octanol–water partition coefficient (Wildman–Crippen LogP) is 2.58. The molecule has 1 atom stereocenters. The van der Waals surface area contributed by atoms with E-state index in [9.17, 15) is 0 Å². The van der Waals surface area contributed by atoms with Crippen molar-refractivity contribution in [3.05, 3.63) is 24.2 Å². The Morgan fingerprint density at radius 2 is 2.27 bits per heavy atom. The molecule has 0 aliphatic carbocycles. The largest absolute Gasteiger partial charge is 0.469 e. The van der Waals surface area contributed by atoms with Crippen LogP contribution >= 0.6 is 0 Å². The van der Waals surface area contributed by atoms with Gasteiger partial charge in [0.1, 0.15) is 5.76 Å². The zero-order valence-electron chi connectivity index (χ0n) is 13.8. The number of nitrogens with zero attached hydrogens (tertiary/aromatic N) is 1. The maximum atomic E-state index is 5.76. The zero-order valence-corrected chi connectivity index (χ0v) is 13.8. The van der Waals surface area contributed by atoms with E-state index in [4.69, 9.17) is 9.15 Å². The van der Waals surface area contributed by atoms with Gasteiger partial charge in [0.2, 0.25) is 0 Å². The molecule has 5 heteroatoms. The Bertz CT molecular complexity index is 423. The zero-order chi connectivity index (χ0) is 15.6. The molecule has 1 aromatic heterocycles. The molecule has 0 radical (unpaired) electrons. The van der Waals surface area contributed by atoms with Crippen molar-refractivity contribution in [2.24, 2.45) is 10.9 Å². The van der Waals surface area contributed by atoms with E-state index in [0.29, 0.717) is 12.0 Å². The average Bonchev–Trinajstić information content (AvgIpc) is 3.03. The lowest BCUT2D eigenvalue weighted by molar-refractivity contribution is 0.0194. The van der Waals surface area contributed by atoms with Crippen LogP contribution in [-0.4, -0.2) is 38.3 Å². The fourth-order valence-electron chi connectivity index (χ4n) is 2.39. The van der Waals surface area contributed by atoms with E-state index in [1.807, 2.05) is 12.1 Å². The normalized spacial score (nSPS) is 19.4. The van der Waals surface area contributed by atoms with Gasteiger partial charge in [-0.2, -0.15) is 0 Å². The molecule has 1 fully saturated rings. The van der Waals surface area contributed by atoms with E-state index in [0.717, 1.165) is 50.8 Å². The van der Waals surface area contributed by atoms with Gasteiger partial charge in [-0.25, -0.2) is 0 Å². The molecule has 1 unspecified atom stereocenters. The van der Waals surface area contributed by atoms with Crippen LogP contribution in [0.2, 0.25) is 0 Å². The molecular weight excluding hydrogens is 278 g/mol. The Balaban J connectivity index is 1.75. The highest BCUT2D eigenvalue weighted by molar-refractivity contribution is 5.79. The average molecular weight is 307 g/mol. The summed E-state index contributed by atoms with van der Waals surface area (Å²) in [5.41, 5.74) is 0. The molecule has 1 aliphatic rings. The van der Waals surface area contributed by atoms with Crippen LogP contribution in [0.3, 0.4) is 0 Å². The Kier molecular flexibility index (Phi) is 7.30. The van der Waals surface area contributed by atoms with Crippen LogP contribution < -0.4 is 10.6 Å². The van der Waals surface area contributed by atoms with E-state index in [1.165, 1.54) is 12.8 Å². The first-order valence-electron chi connectivity index (χ1n) is 8.40. The van der Waals surface area contributed by atoms with Crippen molar-refractivity contribution in [2.75, 3.05) is 26.2 Å². The summed E-state index contributed by atoms with van der Waals surface area (Å²) in [4.78, 5) is 4.63. The van der Waals surface area contributed by atoms with E-state index in [1.54, 1.807) is 6.26 Å². The highest BCUT2D eigenvalue weighted by Crippen LogP contribution is 2.11. The topological polar surface area (TPSA) is 58.8 Å². The maximum absolute atomic E-state index is 5.76. The molecule has 1 aromatic rings. The lowest BCUT2D eigenvalue weighted by atomic mass is 10.1. The van der Waals surface area contributed by atoms with Gasteiger partial charge in [-0.05, 0) is 37.3 Å². The molecule has 0 spiro atoms. The molecule has 22 heavy (non-hydrogen) atoms. The molecule has 1 saturated heterocycles. The van der Waals surface area contributed by atoms with Gasteiger partial charge in [0.25, 0.3) is 0 Å². The second-order valence-corrected chi connectivity index (χ2v) is 6.21. The summed E-state index contributed by atoms with van der Waals surface area (Å²) in [6, 6.07) is 3.91. The van der Waals surface area contributed by atoms with Gasteiger partial charge in [0, 0.05) is 32.7 Å². The Hall–Kier alpha value is -1.49. The van der Waals surface area contributed by atoms with Crippen LogP contribution in [0, 0.1) is 5.92 Å². The van der Waals surface area contributed by atoms with Gasteiger partial charge < -0.3 is 19.8 Å². The molecule has 0 amide bonds. The van der Waals surface area contributed by atoms with Gasteiger partial charge >= 0.3 is 0 Å². The van der Waals surface area contributed by atoms with Gasteiger partial charge in [-0.15, -0.1) is 0 Å². The quantitative estimate of drug-likeness (QED) is 0.600. The summed E-state index contributed by atoms with van der Waals surface area (Å²) in [6.07, 6.45) is 6.46. The molecule has 0 saturated carbocycles. The molecule has 0 bridgehead atoms. The fraction of sp³-hybridized carbons (Fsp3) is 0.706. The summed E-state index contributed by atoms with van der Waals surface area (Å²) in [5, 5.41) is 6.78. The first-order valence-corrected chi connectivity index (χ1v) is 8.40. The molecule has 5 nitrogen and oxygen atoms in total. The molecule has 2 heterocycles. The highest BCUT2D eigenvalue weighted by Gasteiger charge is 2.14. The first kappa shape index (κ1) is 16.9. The molecule has 2 N–H and O–H groups in total. The first-order chi connectivity index (χ1) is 10.7. The number of aliphatic imine (C=N–C) groups is 1. The summed E-state index contributed by atoms with van der Waals surface area (Å²) in [5.74, 6) is 2.41. The van der Waals surface area contributed by atoms with E-state index < -0.39 is 0 Å². The SMILES string of the molecule is CC(C)CN=C(NCCc1ccco1)NCC1CCCCO1. The lowest BCUT2D eigenvalue weighted by Crippen LogP contribution is -2.43. The Morgan fingerprint density at radius 3 is 2.95 bits per heavy atom. The molecule has 0 aromatic carbocycles. The minimum absolute atomic E-state index is 0.310. The van der Waals surface area contributed by atoms with Crippen LogP contribution in [0.15, 0.2) is 27.8 Å². The van der Waals surface area contributed by atoms with Crippen molar-refractivity contribution < 1.29 is 9.15 Å². The lowest BCUT2D eigenvalue weighted by Gasteiger charge is -2.24. The number of hydrogen-bond donors (Lipinski definition) is 2.